The Morgan fingerprint density at radius 3 is 2.56 bits per heavy atom. The number of carbonyl (C=O) groups excluding carboxylic acids is 1. The van der Waals surface area contributed by atoms with E-state index < -0.39 is 0 Å². The predicted molar refractivity (Wildman–Crippen MR) is 108 cm³/mol. The van der Waals surface area contributed by atoms with Crippen LogP contribution in [-0.2, 0) is 4.79 Å². The van der Waals surface area contributed by atoms with Gasteiger partial charge in [0.25, 0.3) is 5.95 Å². The highest BCUT2D eigenvalue weighted by atomic mass is 35.5. The van der Waals surface area contributed by atoms with Crippen LogP contribution in [0.3, 0.4) is 0 Å². The van der Waals surface area contributed by atoms with Crippen LogP contribution < -0.4 is 10.6 Å². The van der Waals surface area contributed by atoms with Gasteiger partial charge in [0.1, 0.15) is 5.82 Å². The number of likely N-dealkylation sites (tertiary alicyclic amines) is 1. The van der Waals surface area contributed by atoms with Gasteiger partial charge in [-0.25, -0.2) is 9.97 Å². The van der Waals surface area contributed by atoms with E-state index in [2.05, 4.69) is 30.6 Å². The number of nitrogens with one attached hydrogen (secondary N) is 2. The van der Waals surface area contributed by atoms with Crippen molar-refractivity contribution in [3.8, 4) is 5.95 Å². The second-order valence-electron chi connectivity index (χ2n) is 6.94. The summed E-state index contributed by atoms with van der Waals surface area (Å²) in [5.41, 5.74) is 2.53. The minimum absolute atomic E-state index is 0. The molecule has 1 amide bonds. The molecule has 2 aromatic rings. The van der Waals surface area contributed by atoms with E-state index in [1.54, 1.807) is 4.68 Å². The van der Waals surface area contributed by atoms with Crippen molar-refractivity contribution in [3.05, 3.63) is 29.2 Å². The number of hydrogen-bond donors (Lipinski definition) is 2. The fraction of sp³-hybridized carbons (Fsp3) is 0.556. The van der Waals surface area contributed by atoms with Gasteiger partial charge in [0.2, 0.25) is 5.91 Å². The first-order valence-corrected chi connectivity index (χ1v) is 9.03. The first-order valence-electron chi connectivity index (χ1n) is 9.03. The van der Waals surface area contributed by atoms with Crippen molar-refractivity contribution in [2.45, 2.75) is 39.7 Å². The largest absolute Gasteiger partial charge is 0.316 e. The van der Waals surface area contributed by atoms with E-state index >= 15 is 0 Å². The molecule has 2 aromatic heterocycles. The highest BCUT2D eigenvalue weighted by Crippen LogP contribution is 2.16. The Morgan fingerprint density at radius 1 is 1.19 bits per heavy atom. The number of hydrogen-bond acceptors (Lipinski definition) is 6. The van der Waals surface area contributed by atoms with Gasteiger partial charge in [-0.05, 0) is 53.3 Å². The van der Waals surface area contributed by atoms with Gasteiger partial charge in [-0.2, -0.15) is 9.78 Å². The van der Waals surface area contributed by atoms with Crippen molar-refractivity contribution >= 4 is 24.1 Å². The first-order chi connectivity index (χ1) is 12.4. The van der Waals surface area contributed by atoms with Crippen LogP contribution in [0.4, 0.5) is 5.82 Å². The molecule has 8 nitrogen and oxygen atoms in total. The van der Waals surface area contributed by atoms with Gasteiger partial charge < -0.3 is 10.6 Å². The van der Waals surface area contributed by atoms with Crippen molar-refractivity contribution in [1.82, 2.24) is 30.0 Å². The molecule has 0 bridgehead atoms. The first kappa shape index (κ1) is 21.3. The van der Waals surface area contributed by atoms with Gasteiger partial charge in [0.15, 0.2) is 0 Å². The normalized spacial score (nSPS) is 17.4. The van der Waals surface area contributed by atoms with Crippen LogP contribution in [0.2, 0.25) is 0 Å². The summed E-state index contributed by atoms with van der Waals surface area (Å²) >= 11 is 0. The van der Waals surface area contributed by atoms with Crippen LogP contribution in [0.15, 0.2) is 12.1 Å². The molecule has 3 heterocycles. The van der Waals surface area contributed by atoms with Crippen molar-refractivity contribution in [2.24, 2.45) is 0 Å². The van der Waals surface area contributed by atoms with E-state index in [0.29, 0.717) is 24.4 Å². The minimum Gasteiger partial charge on any atom is -0.316 e. The lowest BCUT2D eigenvalue weighted by Gasteiger charge is -2.31. The molecule has 2 N–H and O–H groups in total. The molecular weight excluding hydrogens is 366 g/mol. The van der Waals surface area contributed by atoms with Crippen LogP contribution in [0, 0.1) is 20.8 Å². The Hall–Kier alpha value is -2.03. The number of likely N-dealkylation sites (N-methyl/N-ethyl adjacent to an activating group) is 1. The SMILES string of the molecule is CNC1CCCN(CC(=O)Nc2cc(C)nn2-c2nc(C)cc(C)n2)C1.Cl. The molecule has 1 aliphatic heterocycles. The third kappa shape index (κ3) is 5.47. The van der Waals surface area contributed by atoms with Crippen molar-refractivity contribution in [3.63, 3.8) is 0 Å². The number of anilines is 1. The molecule has 9 heteroatoms. The maximum Gasteiger partial charge on any atom is 0.252 e. The molecule has 1 atom stereocenters. The number of amides is 1. The number of piperidine rings is 1. The summed E-state index contributed by atoms with van der Waals surface area (Å²) < 4.78 is 1.60. The van der Waals surface area contributed by atoms with Gasteiger partial charge in [-0.15, -0.1) is 12.4 Å². The van der Waals surface area contributed by atoms with Crippen LogP contribution in [0.1, 0.15) is 29.9 Å². The van der Waals surface area contributed by atoms with E-state index in [1.165, 1.54) is 0 Å². The van der Waals surface area contributed by atoms with Crippen LogP contribution in [0.5, 0.6) is 0 Å². The van der Waals surface area contributed by atoms with Gasteiger partial charge in [-0.1, -0.05) is 0 Å². The van der Waals surface area contributed by atoms with Gasteiger partial charge in [0, 0.05) is 30.0 Å². The van der Waals surface area contributed by atoms with Gasteiger partial charge >= 0.3 is 0 Å². The second-order valence-corrected chi connectivity index (χ2v) is 6.94. The highest BCUT2D eigenvalue weighted by molar-refractivity contribution is 5.91. The van der Waals surface area contributed by atoms with E-state index in [0.717, 1.165) is 43.0 Å². The number of aromatic nitrogens is 4. The standard InChI is InChI=1S/C18H27N7O.ClH/c1-12-8-13(2)21-18(20-12)25-16(9-14(3)23-25)22-17(26)11-24-7-5-6-15(10-24)19-4;/h8-9,15,19H,5-7,10-11H2,1-4H3,(H,22,26);1H. The summed E-state index contributed by atoms with van der Waals surface area (Å²) in [5.74, 6) is 1.02. The molecule has 27 heavy (non-hydrogen) atoms. The summed E-state index contributed by atoms with van der Waals surface area (Å²) in [6.07, 6.45) is 2.26. The Labute approximate surface area is 166 Å². The molecule has 0 radical (unpaired) electrons. The Kier molecular flexibility index (Phi) is 7.29. The number of halogens is 1. The highest BCUT2D eigenvalue weighted by Gasteiger charge is 2.21. The smallest absolute Gasteiger partial charge is 0.252 e. The maximum absolute atomic E-state index is 12.5. The quantitative estimate of drug-likeness (QED) is 0.802. The molecule has 1 aliphatic rings. The number of rotatable bonds is 5. The molecule has 0 spiro atoms. The minimum atomic E-state index is -0.0488. The Bertz CT molecular complexity index is 772. The molecule has 1 saturated heterocycles. The number of carbonyl (C=O) groups is 1. The summed E-state index contributed by atoms with van der Waals surface area (Å²) in [6.45, 7) is 7.93. The maximum atomic E-state index is 12.5. The average molecular weight is 394 g/mol. The lowest BCUT2D eigenvalue weighted by Crippen LogP contribution is -2.47. The number of nitrogens with zero attached hydrogens (tertiary/aromatic N) is 5. The second kappa shape index (κ2) is 9.25. The van der Waals surface area contributed by atoms with Crippen LogP contribution >= 0.6 is 12.4 Å². The van der Waals surface area contributed by atoms with Crippen molar-refractivity contribution < 1.29 is 4.79 Å². The van der Waals surface area contributed by atoms with E-state index in [9.17, 15) is 4.79 Å². The van der Waals surface area contributed by atoms with E-state index in [-0.39, 0.29) is 18.3 Å². The summed E-state index contributed by atoms with van der Waals surface area (Å²) in [7, 11) is 1.97. The average Bonchev–Trinajstić information content (AvgIpc) is 2.94. The monoisotopic (exact) mass is 393 g/mol. The molecule has 1 unspecified atom stereocenters. The van der Waals surface area contributed by atoms with E-state index in [1.807, 2.05) is 40.0 Å². The van der Waals surface area contributed by atoms with Crippen LogP contribution in [0.25, 0.3) is 5.95 Å². The molecular formula is C18H28ClN7O. The third-order valence-corrected chi connectivity index (χ3v) is 4.54. The predicted octanol–water partition coefficient (Wildman–Crippen LogP) is 1.63. The lowest BCUT2D eigenvalue weighted by molar-refractivity contribution is -0.117. The van der Waals surface area contributed by atoms with Gasteiger partial charge in [0.05, 0.1) is 12.2 Å². The molecule has 0 aliphatic carbocycles. The molecule has 0 aromatic carbocycles. The zero-order chi connectivity index (χ0) is 18.7. The van der Waals surface area contributed by atoms with Crippen molar-refractivity contribution in [1.29, 1.82) is 0 Å². The molecule has 148 valence electrons. The molecule has 0 saturated carbocycles. The van der Waals surface area contributed by atoms with Crippen molar-refractivity contribution in [2.75, 3.05) is 32.0 Å². The summed E-state index contributed by atoms with van der Waals surface area (Å²) in [6, 6.07) is 4.20. The van der Waals surface area contributed by atoms with E-state index in [4.69, 9.17) is 0 Å². The molecule has 3 rings (SSSR count). The third-order valence-electron chi connectivity index (χ3n) is 4.54. The zero-order valence-corrected chi connectivity index (χ0v) is 17.1. The summed E-state index contributed by atoms with van der Waals surface area (Å²) in [4.78, 5) is 23.6. The topological polar surface area (TPSA) is 88.0 Å². The summed E-state index contributed by atoms with van der Waals surface area (Å²) in [5, 5.41) is 10.7. The zero-order valence-electron chi connectivity index (χ0n) is 16.3. The van der Waals surface area contributed by atoms with Crippen LogP contribution in [-0.4, -0.2) is 63.3 Å². The Morgan fingerprint density at radius 2 is 1.89 bits per heavy atom. The Balaban J connectivity index is 0.00000261. The fourth-order valence-corrected chi connectivity index (χ4v) is 3.36. The fourth-order valence-electron chi connectivity index (χ4n) is 3.36. The number of aryl methyl sites for hydroxylation is 3. The molecule has 1 fully saturated rings. The van der Waals surface area contributed by atoms with Gasteiger partial charge in [-0.3, -0.25) is 9.69 Å². The lowest BCUT2D eigenvalue weighted by atomic mass is 10.1.